The molecule has 0 aliphatic carbocycles. The summed E-state index contributed by atoms with van der Waals surface area (Å²) >= 11 is 2.01. The summed E-state index contributed by atoms with van der Waals surface area (Å²) in [6, 6.07) is 0. The molecule has 0 N–H and O–H groups in total. The molecule has 0 rings (SSSR count). The molecule has 0 spiro atoms. The van der Waals surface area contributed by atoms with Gasteiger partial charge in [0.15, 0.2) is 0 Å². The summed E-state index contributed by atoms with van der Waals surface area (Å²) in [7, 11) is 0. The predicted molar refractivity (Wildman–Crippen MR) is 51.6 cm³/mol. The van der Waals surface area contributed by atoms with Crippen molar-refractivity contribution >= 4 is 11.8 Å². The van der Waals surface area contributed by atoms with E-state index >= 15 is 0 Å². The molecule has 0 saturated carbocycles. The second kappa shape index (κ2) is 5.06. The van der Waals surface area contributed by atoms with Gasteiger partial charge in [0.2, 0.25) is 0 Å². The molecule has 1 heteroatoms. The van der Waals surface area contributed by atoms with Crippen molar-refractivity contribution in [2.75, 3.05) is 6.26 Å². The van der Waals surface area contributed by atoms with Crippen LogP contribution in [-0.4, -0.2) is 11.5 Å². The number of rotatable bonds is 4. The summed E-state index contributed by atoms with van der Waals surface area (Å²) in [6.07, 6.45) is 3.53. The van der Waals surface area contributed by atoms with Gasteiger partial charge in [0.25, 0.3) is 0 Å². The van der Waals surface area contributed by atoms with E-state index in [1.807, 2.05) is 11.8 Å². The zero-order valence-electron chi connectivity index (χ0n) is 7.85. The fraction of sp³-hybridized carbons (Fsp3) is 1.00. The van der Waals surface area contributed by atoms with Crippen LogP contribution in [0.1, 0.15) is 34.1 Å². The highest BCUT2D eigenvalue weighted by atomic mass is 32.2. The highest BCUT2D eigenvalue weighted by Gasteiger charge is 2.17. The summed E-state index contributed by atoms with van der Waals surface area (Å²) in [5.74, 6) is 1.69. The van der Waals surface area contributed by atoms with Gasteiger partial charge in [-0.25, -0.2) is 0 Å². The molecule has 0 nitrogen and oxygen atoms in total. The second-order valence-corrected chi connectivity index (χ2v) is 4.35. The Labute approximate surface area is 69.8 Å². The largest absolute Gasteiger partial charge is 0.161 e. The van der Waals surface area contributed by atoms with E-state index in [2.05, 4.69) is 34.0 Å². The summed E-state index contributed by atoms with van der Waals surface area (Å²) in [5.41, 5.74) is 0. The number of hydrogen-bond acceptors (Lipinski definition) is 1. The van der Waals surface area contributed by atoms with E-state index in [1.165, 1.54) is 6.42 Å². The quantitative estimate of drug-likeness (QED) is 0.607. The zero-order chi connectivity index (χ0) is 8.15. The molecule has 0 aromatic heterocycles. The van der Waals surface area contributed by atoms with Crippen LogP contribution in [0.2, 0.25) is 0 Å². The van der Waals surface area contributed by atoms with Crippen LogP contribution in [0.5, 0.6) is 0 Å². The van der Waals surface area contributed by atoms with Crippen molar-refractivity contribution < 1.29 is 0 Å². The van der Waals surface area contributed by atoms with Gasteiger partial charge in [-0.3, -0.25) is 0 Å². The first-order valence-corrected chi connectivity index (χ1v) is 5.45. The molecule has 0 aliphatic heterocycles. The molecule has 0 aliphatic rings. The van der Waals surface area contributed by atoms with Gasteiger partial charge < -0.3 is 0 Å². The van der Waals surface area contributed by atoms with Crippen molar-refractivity contribution in [1.29, 1.82) is 0 Å². The Morgan fingerprint density at radius 2 is 1.70 bits per heavy atom. The Kier molecular flexibility index (Phi) is 5.24. The third-order valence-electron chi connectivity index (χ3n) is 2.13. The maximum Gasteiger partial charge on any atom is 0.00928 e. The summed E-state index contributed by atoms with van der Waals surface area (Å²) in [4.78, 5) is 0. The van der Waals surface area contributed by atoms with Crippen LogP contribution >= 0.6 is 11.8 Å². The first-order chi connectivity index (χ1) is 4.63. The van der Waals surface area contributed by atoms with Gasteiger partial charge in [-0.05, 0) is 18.1 Å². The van der Waals surface area contributed by atoms with Crippen LogP contribution in [-0.2, 0) is 0 Å². The average molecular weight is 160 g/mol. The standard InChI is InChI=1S/C9H20S/c1-6-8(4)9(10-5)7(2)3/h7-9H,6H2,1-5H3. The molecule has 62 valence electrons. The van der Waals surface area contributed by atoms with Gasteiger partial charge in [-0.2, -0.15) is 11.8 Å². The third-order valence-corrected chi connectivity index (χ3v) is 3.69. The first kappa shape index (κ1) is 10.3. The van der Waals surface area contributed by atoms with Crippen LogP contribution in [0.3, 0.4) is 0 Å². The van der Waals surface area contributed by atoms with Crippen LogP contribution in [0.25, 0.3) is 0 Å². The molecule has 2 atom stereocenters. The minimum atomic E-state index is 0.824. The van der Waals surface area contributed by atoms with E-state index in [4.69, 9.17) is 0 Å². The highest BCUT2D eigenvalue weighted by Crippen LogP contribution is 2.26. The Hall–Kier alpha value is 0.350. The molecule has 0 saturated heterocycles. The topological polar surface area (TPSA) is 0 Å². The van der Waals surface area contributed by atoms with Gasteiger partial charge in [0, 0.05) is 5.25 Å². The fourth-order valence-corrected chi connectivity index (χ4v) is 2.60. The Balaban J connectivity index is 3.80. The van der Waals surface area contributed by atoms with Gasteiger partial charge in [-0.15, -0.1) is 0 Å². The molecule has 2 unspecified atom stereocenters. The third kappa shape index (κ3) is 2.96. The van der Waals surface area contributed by atoms with Gasteiger partial charge in [-0.1, -0.05) is 34.1 Å². The average Bonchev–Trinajstić information content (AvgIpc) is 1.88. The lowest BCUT2D eigenvalue weighted by molar-refractivity contribution is 0.446. The normalized spacial score (nSPS) is 17.4. The molecule has 0 radical (unpaired) electrons. The van der Waals surface area contributed by atoms with Crippen LogP contribution in [0.15, 0.2) is 0 Å². The predicted octanol–water partition coefficient (Wildman–Crippen LogP) is 3.42. The molecular weight excluding hydrogens is 140 g/mol. The van der Waals surface area contributed by atoms with Crippen molar-refractivity contribution in [1.82, 2.24) is 0 Å². The molecule has 0 amide bonds. The number of hydrogen-bond donors (Lipinski definition) is 0. The Morgan fingerprint density at radius 1 is 1.20 bits per heavy atom. The van der Waals surface area contributed by atoms with Crippen molar-refractivity contribution in [3.63, 3.8) is 0 Å². The van der Waals surface area contributed by atoms with E-state index in [0.717, 1.165) is 17.1 Å². The van der Waals surface area contributed by atoms with Crippen molar-refractivity contribution in [3.8, 4) is 0 Å². The van der Waals surface area contributed by atoms with E-state index in [1.54, 1.807) is 0 Å². The van der Waals surface area contributed by atoms with E-state index < -0.39 is 0 Å². The maximum absolute atomic E-state index is 2.35. The van der Waals surface area contributed by atoms with Gasteiger partial charge >= 0.3 is 0 Å². The molecule has 0 fully saturated rings. The van der Waals surface area contributed by atoms with Gasteiger partial charge in [0.1, 0.15) is 0 Å². The lowest BCUT2D eigenvalue weighted by Crippen LogP contribution is -2.19. The van der Waals surface area contributed by atoms with Crippen LogP contribution < -0.4 is 0 Å². The first-order valence-electron chi connectivity index (χ1n) is 4.16. The zero-order valence-corrected chi connectivity index (χ0v) is 8.66. The van der Waals surface area contributed by atoms with Crippen molar-refractivity contribution in [3.05, 3.63) is 0 Å². The molecule has 0 aromatic rings. The van der Waals surface area contributed by atoms with Crippen molar-refractivity contribution in [2.24, 2.45) is 11.8 Å². The lowest BCUT2D eigenvalue weighted by Gasteiger charge is -2.24. The van der Waals surface area contributed by atoms with Crippen LogP contribution in [0, 0.1) is 11.8 Å². The second-order valence-electron chi connectivity index (χ2n) is 3.33. The Morgan fingerprint density at radius 3 is 1.80 bits per heavy atom. The smallest absolute Gasteiger partial charge is 0.00928 e. The molecule has 0 aromatic carbocycles. The molecular formula is C9H20S. The fourth-order valence-electron chi connectivity index (χ4n) is 1.39. The Bertz CT molecular complexity index is 78.8. The lowest BCUT2D eigenvalue weighted by atomic mass is 9.96. The number of thioether (sulfide) groups is 1. The SMILES string of the molecule is CCC(C)C(SC)C(C)C. The van der Waals surface area contributed by atoms with Gasteiger partial charge in [0.05, 0.1) is 0 Å². The highest BCUT2D eigenvalue weighted by molar-refractivity contribution is 7.99. The molecule has 0 heterocycles. The molecule has 0 bridgehead atoms. The van der Waals surface area contributed by atoms with E-state index in [0.29, 0.717) is 0 Å². The monoisotopic (exact) mass is 160 g/mol. The van der Waals surface area contributed by atoms with E-state index in [9.17, 15) is 0 Å². The minimum absolute atomic E-state index is 0.824. The summed E-state index contributed by atoms with van der Waals surface area (Å²) in [5, 5.41) is 0.852. The van der Waals surface area contributed by atoms with Crippen molar-refractivity contribution in [2.45, 2.75) is 39.4 Å². The minimum Gasteiger partial charge on any atom is -0.161 e. The summed E-state index contributed by atoms with van der Waals surface area (Å²) in [6.45, 7) is 9.25. The molecule has 10 heavy (non-hydrogen) atoms. The van der Waals surface area contributed by atoms with Crippen LogP contribution in [0.4, 0.5) is 0 Å². The summed E-state index contributed by atoms with van der Waals surface area (Å²) < 4.78 is 0. The maximum atomic E-state index is 2.35. The van der Waals surface area contributed by atoms with E-state index in [-0.39, 0.29) is 0 Å².